The maximum absolute atomic E-state index is 9.91. The topological polar surface area (TPSA) is 74.9 Å². The first-order valence-corrected chi connectivity index (χ1v) is 10.4. The molecule has 3 aromatic rings. The monoisotopic (exact) mass is 395 g/mol. The molecule has 0 spiro atoms. The van der Waals surface area contributed by atoms with Gasteiger partial charge in [-0.05, 0) is 75.1 Å². The summed E-state index contributed by atoms with van der Waals surface area (Å²) < 4.78 is 7.24. The molecule has 2 N–H and O–H groups in total. The highest BCUT2D eigenvalue weighted by Gasteiger charge is 2.18. The van der Waals surface area contributed by atoms with Crippen LogP contribution in [0.5, 0.6) is 11.5 Å². The van der Waals surface area contributed by atoms with Gasteiger partial charge in [0.15, 0.2) is 5.65 Å². The first-order valence-electron chi connectivity index (χ1n) is 10.4. The highest BCUT2D eigenvalue weighted by Crippen LogP contribution is 2.33. The average molecular weight is 396 g/mol. The number of piperidine rings is 1. The number of hydrogen-bond donors (Lipinski definition) is 2. The Balaban J connectivity index is 1.47. The Morgan fingerprint density at radius 1 is 1.21 bits per heavy atom. The molecule has 1 aromatic carbocycles. The molecule has 0 unspecified atom stereocenters. The van der Waals surface area contributed by atoms with Crippen molar-refractivity contribution >= 4 is 11.5 Å². The molecule has 29 heavy (non-hydrogen) atoms. The van der Waals surface area contributed by atoms with E-state index in [0.29, 0.717) is 5.75 Å². The van der Waals surface area contributed by atoms with Crippen molar-refractivity contribution in [3.8, 4) is 22.8 Å². The summed E-state index contributed by atoms with van der Waals surface area (Å²) in [4.78, 5) is 6.96. The van der Waals surface area contributed by atoms with Gasteiger partial charge < -0.3 is 20.1 Å². The molecule has 0 bridgehead atoms. The third-order valence-electron chi connectivity index (χ3n) is 5.83. The molecule has 0 amide bonds. The molecular weight excluding hydrogens is 366 g/mol. The molecule has 1 aliphatic heterocycles. The highest BCUT2D eigenvalue weighted by molar-refractivity contribution is 5.71. The molecule has 4 rings (SSSR count). The van der Waals surface area contributed by atoms with E-state index in [1.165, 1.54) is 25.9 Å². The van der Waals surface area contributed by atoms with E-state index < -0.39 is 0 Å². The number of phenolic OH excluding ortho intramolecular Hbond substituents is 1. The van der Waals surface area contributed by atoms with Crippen LogP contribution in [0.1, 0.15) is 26.2 Å². The molecule has 1 aliphatic rings. The number of nitrogens with zero attached hydrogens (tertiary/aromatic N) is 4. The first kappa shape index (κ1) is 19.5. The van der Waals surface area contributed by atoms with Crippen molar-refractivity contribution in [2.45, 2.75) is 26.2 Å². The summed E-state index contributed by atoms with van der Waals surface area (Å²) >= 11 is 0. The molecule has 7 nitrogen and oxygen atoms in total. The number of rotatable bonds is 7. The van der Waals surface area contributed by atoms with Crippen LogP contribution in [-0.4, -0.2) is 57.9 Å². The van der Waals surface area contributed by atoms with E-state index >= 15 is 0 Å². The van der Waals surface area contributed by atoms with Crippen LogP contribution in [-0.2, 0) is 0 Å². The van der Waals surface area contributed by atoms with E-state index in [1.54, 1.807) is 36.0 Å². The number of anilines is 1. The lowest BCUT2D eigenvalue weighted by molar-refractivity contribution is 0.189. The van der Waals surface area contributed by atoms with E-state index in [1.807, 2.05) is 12.1 Å². The Hall–Kier alpha value is -2.80. The predicted octanol–water partition coefficient (Wildman–Crippen LogP) is 3.64. The fourth-order valence-electron chi connectivity index (χ4n) is 4.04. The zero-order valence-corrected chi connectivity index (χ0v) is 17.1. The maximum Gasteiger partial charge on any atom is 0.154 e. The van der Waals surface area contributed by atoms with Gasteiger partial charge in [-0.1, -0.05) is 6.92 Å². The number of hydrogen-bond acceptors (Lipinski definition) is 6. The fourth-order valence-corrected chi connectivity index (χ4v) is 4.04. The number of ether oxygens (including phenoxy) is 1. The van der Waals surface area contributed by atoms with Gasteiger partial charge in [0.1, 0.15) is 17.3 Å². The summed E-state index contributed by atoms with van der Waals surface area (Å²) in [6.45, 7) is 6.74. The van der Waals surface area contributed by atoms with Crippen molar-refractivity contribution in [3.05, 3.63) is 36.5 Å². The Morgan fingerprint density at radius 3 is 2.79 bits per heavy atom. The zero-order valence-electron chi connectivity index (χ0n) is 17.1. The van der Waals surface area contributed by atoms with Crippen LogP contribution in [0, 0.1) is 5.92 Å². The van der Waals surface area contributed by atoms with Gasteiger partial charge in [-0.2, -0.15) is 0 Å². The van der Waals surface area contributed by atoms with E-state index in [4.69, 9.17) is 9.84 Å². The lowest BCUT2D eigenvalue weighted by atomic mass is 9.93. The predicted molar refractivity (Wildman–Crippen MR) is 115 cm³/mol. The van der Waals surface area contributed by atoms with E-state index in [9.17, 15) is 5.11 Å². The van der Waals surface area contributed by atoms with E-state index in [0.717, 1.165) is 48.2 Å². The summed E-state index contributed by atoms with van der Waals surface area (Å²) in [5.41, 5.74) is 2.29. The molecule has 1 saturated heterocycles. The van der Waals surface area contributed by atoms with Crippen LogP contribution >= 0.6 is 0 Å². The van der Waals surface area contributed by atoms with Gasteiger partial charge in [0.2, 0.25) is 0 Å². The second-order valence-electron chi connectivity index (χ2n) is 7.61. The SMILES string of the molecule is CCN1CCC(CCNc2ccc3ncc(-c4cc(O)ccc4OC)n3n2)CC1. The number of fused-ring (bicyclic) bond motifs is 1. The molecule has 0 aliphatic carbocycles. The number of benzene rings is 1. The number of phenols is 1. The van der Waals surface area contributed by atoms with Gasteiger partial charge in [0.25, 0.3) is 0 Å². The number of methoxy groups -OCH3 is 1. The Labute approximate surface area is 171 Å². The second-order valence-corrected chi connectivity index (χ2v) is 7.61. The molecule has 3 heterocycles. The van der Waals surface area contributed by atoms with Crippen LogP contribution in [0.4, 0.5) is 5.82 Å². The molecule has 154 valence electrons. The molecule has 0 radical (unpaired) electrons. The Kier molecular flexibility index (Phi) is 5.85. The van der Waals surface area contributed by atoms with Crippen molar-refractivity contribution in [1.29, 1.82) is 0 Å². The van der Waals surface area contributed by atoms with Gasteiger partial charge in [-0.25, -0.2) is 9.50 Å². The molecule has 0 saturated carbocycles. The summed E-state index contributed by atoms with van der Waals surface area (Å²) in [5, 5.41) is 18.1. The third kappa shape index (κ3) is 4.29. The molecule has 0 atom stereocenters. The van der Waals surface area contributed by atoms with Crippen LogP contribution in [0.2, 0.25) is 0 Å². The lowest BCUT2D eigenvalue weighted by Gasteiger charge is -2.31. The van der Waals surface area contributed by atoms with Crippen molar-refractivity contribution in [3.63, 3.8) is 0 Å². The zero-order chi connectivity index (χ0) is 20.2. The van der Waals surface area contributed by atoms with Gasteiger partial charge in [0.05, 0.1) is 19.0 Å². The van der Waals surface area contributed by atoms with Gasteiger partial charge in [-0.15, -0.1) is 5.10 Å². The number of aromatic hydroxyl groups is 1. The van der Waals surface area contributed by atoms with Crippen LogP contribution in [0.25, 0.3) is 16.9 Å². The standard InChI is InChI=1S/C22H29N5O2/c1-3-26-12-9-16(10-13-26)8-11-23-21-6-7-22-24-15-19(27(22)25-21)18-14-17(28)4-5-20(18)29-2/h4-7,14-16,28H,3,8-13H2,1-2H3,(H,23,25). The van der Waals surface area contributed by atoms with E-state index in [2.05, 4.69) is 22.1 Å². The van der Waals surface area contributed by atoms with Gasteiger partial charge >= 0.3 is 0 Å². The average Bonchev–Trinajstić information content (AvgIpc) is 3.17. The molecule has 1 fully saturated rings. The highest BCUT2D eigenvalue weighted by atomic mass is 16.5. The Morgan fingerprint density at radius 2 is 2.03 bits per heavy atom. The van der Waals surface area contributed by atoms with Gasteiger partial charge in [0, 0.05) is 12.1 Å². The normalized spacial score (nSPS) is 15.7. The van der Waals surface area contributed by atoms with Crippen LogP contribution in [0.15, 0.2) is 36.5 Å². The minimum atomic E-state index is 0.180. The summed E-state index contributed by atoms with van der Waals surface area (Å²) in [7, 11) is 1.62. The maximum atomic E-state index is 9.91. The fraction of sp³-hybridized carbons (Fsp3) is 0.455. The third-order valence-corrected chi connectivity index (χ3v) is 5.83. The van der Waals surface area contributed by atoms with Crippen molar-refractivity contribution in [1.82, 2.24) is 19.5 Å². The molecular formula is C22H29N5O2. The number of nitrogens with one attached hydrogen (secondary N) is 1. The van der Waals surface area contributed by atoms with Crippen molar-refractivity contribution in [2.24, 2.45) is 5.92 Å². The van der Waals surface area contributed by atoms with Gasteiger partial charge in [-0.3, -0.25) is 0 Å². The largest absolute Gasteiger partial charge is 0.508 e. The first-order chi connectivity index (χ1) is 14.2. The second kappa shape index (κ2) is 8.69. The van der Waals surface area contributed by atoms with Crippen LogP contribution < -0.4 is 10.1 Å². The number of aromatic nitrogens is 3. The quantitative estimate of drug-likeness (QED) is 0.636. The molecule has 7 heteroatoms. The Bertz CT molecular complexity index is 963. The summed E-state index contributed by atoms with van der Waals surface area (Å²) in [6, 6.07) is 8.94. The minimum Gasteiger partial charge on any atom is -0.508 e. The van der Waals surface area contributed by atoms with Crippen molar-refractivity contribution < 1.29 is 9.84 Å². The number of imidazole rings is 1. The van der Waals surface area contributed by atoms with Crippen molar-refractivity contribution in [2.75, 3.05) is 38.6 Å². The van der Waals surface area contributed by atoms with Crippen LogP contribution in [0.3, 0.4) is 0 Å². The van der Waals surface area contributed by atoms with E-state index in [-0.39, 0.29) is 5.75 Å². The lowest BCUT2D eigenvalue weighted by Crippen LogP contribution is -2.33. The minimum absolute atomic E-state index is 0.180. The smallest absolute Gasteiger partial charge is 0.154 e. The molecule has 2 aromatic heterocycles. The summed E-state index contributed by atoms with van der Waals surface area (Å²) in [5.74, 6) is 2.46. The summed E-state index contributed by atoms with van der Waals surface area (Å²) in [6.07, 6.45) is 5.48. The number of likely N-dealkylation sites (tertiary alicyclic amines) is 1.